The summed E-state index contributed by atoms with van der Waals surface area (Å²) in [4.78, 5) is 10.1. The minimum atomic E-state index is -0.551. The van der Waals surface area contributed by atoms with Gasteiger partial charge in [-0.25, -0.2) is 4.39 Å². The lowest BCUT2D eigenvalue weighted by molar-refractivity contribution is -0.388. The first-order valence-corrected chi connectivity index (χ1v) is 4.78. The monoisotopic (exact) mass is 201 g/mol. The van der Waals surface area contributed by atoms with Crippen molar-refractivity contribution in [2.75, 3.05) is 6.26 Å². The lowest BCUT2D eigenvalue weighted by atomic mass is 10.2. The third kappa shape index (κ3) is 1.80. The van der Waals surface area contributed by atoms with Gasteiger partial charge in [0.2, 0.25) is 0 Å². The zero-order chi connectivity index (χ0) is 10.0. The SMILES string of the molecule is CSc1c(F)ccc(C)c1[N+](=O)[O-]. The summed E-state index contributed by atoms with van der Waals surface area (Å²) in [7, 11) is 0. The Morgan fingerprint density at radius 1 is 1.54 bits per heavy atom. The average molecular weight is 201 g/mol. The van der Waals surface area contributed by atoms with E-state index in [2.05, 4.69) is 0 Å². The molecular weight excluding hydrogens is 193 g/mol. The first-order chi connectivity index (χ1) is 6.07. The van der Waals surface area contributed by atoms with Gasteiger partial charge in [0.25, 0.3) is 5.69 Å². The maximum atomic E-state index is 13.1. The van der Waals surface area contributed by atoms with E-state index >= 15 is 0 Å². The highest BCUT2D eigenvalue weighted by atomic mass is 32.2. The number of nitro benzene ring substituents is 1. The zero-order valence-corrected chi connectivity index (χ0v) is 8.02. The third-order valence-corrected chi connectivity index (χ3v) is 2.47. The molecule has 70 valence electrons. The number of hydrogen-bond donors (Lipinski definition) is 0. The van der Waals surface area contributed by atoms with Crippen LogP contribution in [0.4, 0.5) is 10.1 Å². The number of thioether (sulfide) groups is 1. The molecule has 0 heterocycles. The summed E-state index contributed by atoms with van der Waals surface area (Å²) in [5.74, 6) is -0.537. The number of hydrogen-bond acceptors (Lipinski definition) is 3. The first-order valence-electron chi connectivity index (χ1n) is 3.55. The maximum Gasteiger partial charge on any atom is 0.288 e. The van der Waals surface area contributed by atoms with Crippen molar-refractivity contribution in [1.82, 2.24) is 0 Å². The molecule has 1 aromatic rings. The van der Waals surface area contributed by atoms with E-state index in [9.17, 15) is 14.5 Å². The Kier molecular flexibility index (Phi) is 2.87. The van der Waals surface area contributed by atoms with Gasteiger partial charge in [0.1, 0.15) is 10.7 Å². The minimum Gasteiger partial charge on any atom is -0.258 e. The molecule has 0 fully saturated rings. The molecule has 0 radical (unpaired) electrons. The second kappa shape index (κ2) is 3.74. The predicted molar refractivity (Wildman–Crippen MR) is 49.6 cm³/mol. The largest absolute Gasteiger partial charge is 0.288 e. The molecule has 0 N–H and O–H groups in total. The minimum absolute atomic E-state index is 0.102. The van der Waals surface area contributed by atoms with Crippen LogP contribution in [0.15, 0.2) is 17.0 Å². The van der Waals surface area contributed by atoms with Gasteiger partial charge in [-0.2, -0.15) is 0 Å². The summed E-state index contributed by atoms with van der Waals surface area (Å²) >= 11 is 1.05. The van der Waals surface area contributed by atoms with Crippen LogP contribution in [-0.2, 0) is 0 Å². The average Bonchev–Trinajstić information content (AvgIpc) is 2.07. The van der Waals surface area contributed by atoms with Gasteiger partial charge in [0, 0.05) is 5.56 Å². The summed E-state index contributed by atoms with van der Waals surface area (Å²) in [5, 5.41) is 10.6. The molecule has 5 heteroatoms. The maximum absolute atomic E-state index is 13.1. The summed E-state index contributed by atoms with van der Waals surface area (Å²) in [6, 6.07) is 2.65. The number of nitro groups is 1. The normalized spacial score (nSPS) is 10.1. The van der Waals surface area contributed by atoms with E-state index in [0.29, 0.717) is 5.56 Å². The number of benzene rings is 1. The topological polar surface area (TPSA) is 43.1 Å². The van der Waals surface area contributed by atoms with Gasteiger partial charge in [-0.05, 0) is 25.3 Å². The highest BCUT2D eigenvalue weighted by molar-refractivity contribution is 7.98. The lowest BCUT2D eigenvalue weighted by Crippen LogP contribution is -1.96. The number of halogens is 1. The smallest absolute Gasteiger partial charge is 0.258 e. The Hall–Kier alpha value is -1.10. The van der Waals surface area contributed by atoms with Gasteiger partial charge in [-0.3, -0.25) is 10.1 Å². The molecule has 0 aliphatic carbocycles. The van der Waals surface area contributed by atoms with E-state index in [4.69, 9.17) is 0 Å². The molecule has 0 saturated heterocycles. The molecule has 0 unspecified atom stereocenters. The number of rotatable bonds is 2. The molecule has 0 amide bonds. The fourth-order valence-corrected chi connectivity index (χ4v) is 1.76. The van der Waals surface area contributed by atoms with E-state index in [-0.39, 0.29) is 10.6 Å². The zero-order valence-electron chi connectivity index (χ0n) is 7.20. The van der Waals surface area contributed by atoms with Crippen LogP contribution in [0.1, 0.15) is 5.56 Å². The van der Waals surface area contributed by atoms with Gasteiger partial charge in [-0.1, -0.05) is 0 Å². The van der Waals surface area contributed by atoms with Gasteiger partial charge in [0.05, 0.1) is 4.92 Å². The Morgan fingerprint density at radius 3 is 2.54 bits per heavy atom. The molecule has 0 aliphatic rings. The van der Waals surface area contributed by atoms with Gasteiger partial charge in [0.15, 0.2) is 0 Å². The fraction of sp³-hybridized carbons (Fsp3) is 0.250. The van der Waals surface area contributed by atoms with Crippen molar-refractivity contribution in [1.29, 1.82) is 0 Å². The highest BCUT2D eigenvalue weighted by Gasteiger charge is 2.20. The summed E-state index contributed by atoms with van der Waals surface area (Å²) in [6.07, 6.45) is 1.62. The van der Waals surface area contributed by atoms with E-state index in [1.54, 1.807) is 13.2 Å². The molecule has 0 spiro atoms. The van der Waals surface area contributed by atoms with Crippen LogP contribution < -0.4 is 0 Å². The molecule has 1 rings (SSSR count). The Balaban J connectivity index is 3.43. The Morgan fingerprint density at radius 2 is 2.15 bits per heavy atom. The summed E-state index contributed by atoms with van der Waals surface area (Å²) in [6.45, 7) is 1.59. The second-order valence-corrected chi connectivity index (χ2v) is 3.32. The van der Waals surface area contributed by atoms with Gasteiger partial charge < -0.3 is 0 Å². The molecule has 1 aromatic carbocycles. The van der Waals surface area contributed by atoms with E-state index in [1.807, 2.05) is 0 Å². The van der Waals surface area contributed by atoms with E-state index in [0.717, 1.165) is 11.8 Å². The van der Waals surface area contributed by atoms with Crippen LogP contribution in [0, 0.1) is 22.9 Å². The molecule has 0 bridgehead atoms. The van der Waals surface area contributed by atoms with Crippen LogP contribution in [0.25, 0.3) is 0 Å². The van der Waals surface area contributed by atoms with Crippen molar-refractivity contribution < 1.29 is 9.31 Å². The molecule has 0 aromatic heterocycles. The quantitative estimate of drug-likeness (QED) is 0.419. The number of aryl methyl sites for hydroxylation is 1. The molecular formula is C8H8FNO2S. The van der Waals surface area contributed by atoms with Crippen LogP contribution in [0.3, 0.4) is 0 Å². The van der Waals surface area contributed by atoms with Crippen molar-refractivity contribution in [3.8, 4) is 0 Å². The predicted octanol–water partition coefficient (Wildman–Crippen LogP) is 2.76. The lowest BCUT2D eigenvalue weighted by Gasteiger charge is -2.02. The van der Waals surface area contributed by atoms with Crippen molar-refractivity contribution in [2.24, 2.45) is 0 Å². The van der Waals surface area contributed by atoms with Crippen molar-refractivity contribution in [3.63, 3.8) is 0 Å². The second-order valence-electron chi connectivity index (χ2n) is 2.50. The molecule has 0 atom stereocenters. The molecule has 13 heavy (non-hydrogen) atoms. The van der Waals surface area contributed by atoms with Crippen molar-refractivity contribution in [3.05, 3.63) is 33.6 Å². The molecule has 0 aliphatic heterocycles. The standard InChI is InChI=1S/C8H8FNO2S/c1-5-3-4-6(9)8(13-2)7(5)10(11)12/h3-4H,1-2H3. The summed E-state index contributed by atoms with van der Waals surface area (Å²) in [5.41, 5.74) is 0.350. The molecule has 3 nitrogen and oxygen atoms in total. The molecule has 0 saturated carbocycles. The van der Waals surface area contributed by atoms with E-state index in [1.165, 1.54) is 12.1 Å². The van der Waals surface area contributed by atoms with Crippen LogP contribution in [0.2, 0.25) is 0 Å². The third-order valence-electron chi connectivity index (χ3n) is 1.67. The van der Waals surface area contributed by atoms with Crippen LogP contribution in [0.5, 0.6) is 0 Å². The Bertz CT molecular complexity index is 354. The number of nitrogens with zero attached hydrogens (tertiary/aromatic N) is 1. The van der Waals surface area contributed by atoms with Crippen LogP contribution in [-0.4, -0.2) is 11.2 Å². The van der Waals surface area contributed by atoms with E-state index < -0.39 is 10.7 Å². The van der Waals surface area contributed by atoms with Crippen LogP contribution >= 0.6 is 11.8 Å². The van der Waals surface area contributed by atoms with Crippen molar-refractivity contribution in [2.45, 2.75) is 11.8 Å². The summed E-state index contributed by atoms with van der Waals surface area (Å²) < 4.78 is 13.1. The van der Waals surface area contributed by atoms with Gasteiger partial charge in [-0.15, -0.1) is 11.8 Å². The van der Waals surface area contributed by atoms with Gasteiger partial charge >= 0.3 is 0 Å². The highest BCUT2D eigenvalue weighted by Crippen LogP contribution is 2.32. The Labute approximate surface area is 79.1 Å². The fourth-order valence-electron chi connectivity index (χ4n) is 1.07. The van der Waals surface area contributed by atoms with Crippen molar-refractivity contribution >= 4 is 17.4 Å². The first kappa shape index (κ1) is 9.98.